The van der Waals surface area contributed by atoms with Gasteiger partial charge in [0, 0.05) is 10.7 Å². The maximum atomic E-state index is 6.14. The number of para-hydroxylation sites is 1. The molecule has 1 unspecified atom stereocenters. The number of aliphatic imine (C=N–C) groups is 1. The number of hydrogen-bond donors (Lipinski definition) is 1. The van der Waals surface area contributed by atoms with Crippen molar-refractivity contribution in [3.05, 3.63) is 64.2 Å². The van der Waals surface area contributed by atoms with Crippen LogP contribution in [0, 0.1) is 13.8 Å². The highest BCUT2D eigenvalue weighted by atomic mass is 35.5. The van der Waals surface area contributed by atoms with E-state index < -0.39 is 0 Å². The van der Waals surface area contributed by atoms with Crippen molar-refractivity contribution in [3.8, 4) is 0 Å². The normalized spacial score (nSPS) is 18.0. The van der Waals surface area contributed by atoms with Crippen LogP contribution in [0.2, 0.25) is 5.02 Å². The van der Waals surface area contributed by atoms with Crippen LogP contribution in [0.4, 0.5) is 5.69 Å². The second-order valence-electron chi connectivity index (χ2n) is 5.37. The molecule has 0 fully saturated rings. The number of nitrogens with two attached hydrogens (primary N) is 1. The van der Waals surface area contributed by atoms with Crippen LogP contribution in [0.1, 0.15) is 22.7 Å². The molecule has 0 amide bonds. The Labute approximate surface area is 130 Å². The lowest BCUT2D eigenvalue weighted by Crippen LogP contribution is -2.36. The number of aryl methyl sites for hydroxylation is 2. The van der Waals surface area contributed by atoms with Gasteiger partial charge in [-0.05, 0) is 48.7 Å². The summed E-state index contributed by atoms with van der Waals surface area (Å²) in [5.74, 6) is 0.573. The first kappa shape index (κ1) is 14.0. The molecule has 2 aromatic rings. The van der Waals surface area contributed by atoms with Crippen LogP contribution in [0.25, 0.3) is 0 Å². The minimum absolute atomic E-state index is 0.128. The molecule has 21 heavy (non-hydrogen) atoms. The molecule has 1 atom stereocenters. The second kappa shape index (κ2) is 5.41. The third-order valence-electron chi connectivity index (χ3n) is 3.95. The zero-order chi connectivity index (χ0) is 15.0. The smallest absolute Gasteiger partial charge is 0.196 e. The number of hydrogen-bond acceptors (Lipinski definition) is 3. The first-order chi connectivity index (χ1) is 10.1. The van der Waals surface area contributed by atoms with Crippen molar-refractivity contribution in [2.75, 3.05) is 11.4 Å². The van der Waals surface area contributed by atoms with E-state index in [1.807, 2.05) is 24.3 Å². The van der Waals surface area contributed by atoms with Crippen LogP contribution >= 0.6 is 11.6 Å². The fourth-order valence-corrected chi connectivity index (χ4v) is 3.10. The average molecular weight is 300 g/mol. The third-order valence-corrected chi connectivity index (χ3v) is 4.19. The molecule has 3 nitrogen and oxygen atoms in total. The maximum Gasteiger partial charge on any atom is 0.196 e. The van der Waals surface area contributed by atoms with Gasteiger partial charge in [0.2, 0.25) is 0 Å². The van der Waals surface area contributed by atoms with Gasteiger partial charge >= 0.3 is 0 Å². The summed E-state index contributed by atoms with van der Waals surface area (Å²) in [4.78, 5) is 6.56. The molecule has 2 aromatic carbocycles. The van der Waals surface area contributed by atoms with Gasteiger partial charge in [-0.25, -0.2) is 0 Å². The zero-order valence-corrected chi connectivity index (χ0v) is 12.9. The fraction of sp³-hybridized carbons (Fsp3) is 0.235. The average Bonchev–Trinajstić information content (AvgIpc) is 2.81. The number of halogens is 1. The molecule has 2 N–H and O–H groups in total. The molecule has 108 valence electrons. The van der Waals surface area contributed by atoms with Crippen molar-refractivity contribution in [2.45, 2.75) is 19.9 Å². The molecule has 0 aliphatic carbocycles. The van der Waals surface area contributed by atoms with Gasteiger partial charge in [0.1, 0.15) is 0 Å². The Hall–Kier alpha value is -2.00. The van der Waals surface area contributed by atoms with Crippen LogP contribution in [0.3, 0.4) is 0 Å². The van der Waals surface area contributed by atoms with E-state index in [0.717, 1.165) is 16.3 Å². The van der Waals surface area contributed by atoms with E-state index in [1.165, 1.54) is 11.1 Å². The van der Waals surface area contributed by atoms with Gasteiger partial charge in [0.05, 0.1) is 12.6 Å². The van der Waals surface area contributed by atoms with Crippen LogP contribution in [0.5, 0.6) is 0 Å². The summed E-state index contributed by atoms with van der Waals surface area (Å²) in [6.45, 7) is 4.83. The van der Waals surface area contributed by atoms with Gasteiger partial charge in [-0.1, -0.05) is 35.9 Å². The van der Waals surface area contributed by atoms with E-state index in [9.17, 15) is 0 Å². The zero-order valence-electron chi connectivity index (χ0n) is 12.2. The Morgan fingerprint density at radius 1 is 1.14 bits per heavy atom. The molecule has 1 heterocycles. The van der Waals surface area contributed by atoms with E-state index in [2.05, 4.69) is 41.9 Å². The van der Waals surface area contributed by atoms with Crippen molar-refractivity contribution >= 4 is 23.2 Å². The Balaban J connectivity index is 2.05. The molecule has 0 bridgehead atoms. The number of benzene rings is 2. The summed E-state index contributed by atoms with van der Waals surface area (Å²) in [6.07, 6.45) is 0. The van der Waals surface area contributed by atoms with Gasteiger partial charge in [-0.2, -0.15) is 0 Å². The molecule has 0 radical (unpaired) electrons. The predicted octanol–water partition coefficient (Wildman–Crippen LogP) is 3.83. The SMILES string of the molecule is Cc1cc(Cl)ccc1C1CN=C(N)N1c1ccccc1C. The highest BCUT2D eigenvalue weighted by Gasteiger charge is 2.30. The van der Waals surface area contributed by atoms with Crippen molar-refractivity contribution < 1.29 is 0 Å². The van der Waals surface area contributed by atoms with E-state index in [-0.39, 0.29) is 6.04 Å². The Kier molecular flexibility index (Phi) is 3.60. The van der Waals surface area contributed by atoms with Crippen molar-refractivity contribution in [2.24, 2.45) is 10.7 Å². The van der Waals surface area contributed by atoms with E-state index in [1.54, 1.807) is 0 Å². The summed E-state index contributed by atoms with van der Waals surface area (Å²) in [5.41, 5.74) is 10.8. The van der Waals surface area contributed by atoms with Crippen LogP contribution in [-0.4, -0.2) is 12.5 Å². The molecule has 4 heteroatoms. The molecule has 1 aliphatic rings. The molecule has 1 aliphatic heterocycles. The van der Waals surface area contributed by atoms with Gasteiger partial charge < -0.3 is 10.6 Å². The highest BCUT2D eigenvalue weighted by Crippen LogP contribution is 2.34. The Morgan fingerprint density at radius 2 is 1.90 bits per heavy atom. The summed E-state index contributed by atoms with van der Waals surface area (Å²) < 4.78 is 0. The number of rotatable bonds is 2. The third kappa shape index (κ3) is 2.49. The standard InChI is InChI=1S/C17H18ClN3/c1-11-5-3-4-6-15(11)21-16(10-20-17(21)19)14-8-7-13(18)9-12(14)2/h3-9,16H,10H2,1-2H3,(H2,19,20). The molecule has 3 rings (SSSR count). The quantitative estimate of drug-likeness (QED) is 0.915. The molecular weight excluding hydrogens is 282 g/mol. The second-order valence-corrected chi connectivity index (χ2v) is 5.81. The van der Waals surface area contributed by atoms with Gasteiger partial charge in [-0.3, -0.25) is 4.99 Å². The highest BCUT2D eigenvalue weighted by molar-refractivity contribution is 6.30. The van der Waals surface area contributed by atoms with Gasteiger partial charge in [0.15, 0.2) is 5.96 Å². The minimum atomic E-state index is 0.128. The van der Waals surface area contributed by atoms with Crippen molar-refractivity contribution in [1.82, 2.24) is 0 Å². The summed E-state index contributed by atoms with van der Waals surface area (Å²) in [7, 11) is 0. The molecule has 0 aromatic heterocycles. The Morgan fingerprint density at radius 3 is 2.62 bits per heavy atom. The minimum Gasteiger partial charge on any atom is -0.369 e. The summed E-state index contributed by atoms with van der Waals surface area (Å²) in [5, 5.41) is 0.755. The Bertz CT molecular complexity index is 709. The fourth-order valence-electron chi connectivity index (χ4n) is 2.87. The first-order valence-corrected chi connectivity index (χ1v) is 7.36. The lowest BCUT2D eigenvalue weighted by molar-refractivity contribution is 0.761. The number of anilines is 1. The molecule has 0 saturated carbocycles. The number of guanidine groups is 1. The lowest BCUT2D eigenvalue weighted by Gasteiger charge is -2.29. The molecule has 0 spiro atoms. The van der Waals surface area contributed by atoms with E-state index in [4.69, 9.17) is 17.3 Å². The lowest BCUT2D eigenvalue weighted by atomic mass is 9.99. The summed E-state index contributed by atoms with van der Waals surface area (Å²) >= 11 is 6.06. The summed E-state index contributed by atoms with van der Waals surface area (Å²) in [6, 6.07) is 14.3. The van der Waals surface area contributed by atoms with Gasteiger partial charge in [-0.15, -0.1) is 0 Å². The maximum absolute atomic E-state index is 6.14. The van der Waals surface area contributed by atoms with E-state index in [0.29, 0.717) is 12.5 Å². The number of nitrogens with zero attached hydrogens (tertiary/aromatic N) is 2. The monoisotopic (exact) mass is 299 g/mol. The first-order valence-electron chi connectivity index (χ1n) is 6.99. The van der Waals surface area contributed by atoms with Crippen LogP contribution in [-0.2, 0) is 0 Å². The van der Waals surface area contributed by atoms with E-state index >= 15 is 0 Å². The van der Waals surface area contributed by atoms with Crippen molar-refractivity contribution in [3.63, 3.8) is 0 Å². The topological polar surface area (TPSA) is 41.6 Å². The van der Waals surface area contributed by atoms with Crippen LogP contribution < -0.4 is 10.6 Å². The van der Waals surface area contributed by atoms with Crippen molar-refractivity contribution in [1.29, 1.82) is 0 Å². The predicted molar refractivity (Wildman–Crippen MR) is 89.1 cm³/mol. The largest absolute Gasteiger partial charge is 0.369 e. The van der Waals surface area contributed by atoms with Gasteiger partial charge in [0.25, 0.3) is 0 Å². The molecular formula is C17H18ClN3. The van der Waals surface area contributed by atoms with Crippen LogP contribution in [0.15, 0.2) is 47.5 Å². The molecule has 0 saturated heterocycles.